The van der Waals surface area contributed by atoms with Gasteiger partial charge in [0.25, 0.3) is 0 Å². The predicted octanol–water partition coefficient (Wildman–Crippen LogP) is 3.28. The van der Waals surface area contributed by atoms with Crippen molar-refractivity contribution in [1.82, 2.24) is 0 Å². The average molecular weight is 182 g/mol. The normalized spacial score (nSPS) is 31.7. The van der Waals surface area contributed by atoms with Crippen LogP contribution in [0.15, 0.2) is 0 Å². The van der Waals surface area contributed by atoms with Crippen LogP contribution in [-0.4, -0.2) is 6.29 Å². The fourth-order valence-corrected chi connectivity index (χ4v) is 2.35. The molecule has 1 atom stereocenters. The van der Waals surface area contributed by atoms with Gasteiger partial charge in [-0.3, -0.25) is 0 Å². The Hall–Kier alpha value is -0.330. The molecule has 0 aliphatic heterocycles. The molecule has 0 heterocycles. The van der Waals surface area contributed by atoms with Crippen molar-refractivity contribution in [3.05, 3.63) is 0 Å². The van der Waals surface area contributed by atoms with Crippen LogP contribution in [0.25, 0.3) is 0 Å². The highest BCUT2D eigenvalue weighted by Gasteiger charge is 2.26. The third kappa shape index (κ3) is 2.82. The zero-order valence-corrected chi connectivity index (χ0v) is 9.12. The lowest BCUT2D eigenvalue weighted by molar-refractivity contribution is -0.112. The molecule has 76 valence electrons. The highest BCUT2D eigenvalue weighted by atomic mass is 16.1. The van der Waals surface area contributed by atoms with Gasteiger partial charge >= 0.3 is 0 Å². The van der Waals surface area contributed by atoms with Gasteiger partial charge in [0.2, 0.25) is 0 Å². The van der Waals surface area contributed by atoms with Gasteiger partial charge in [-0.2, -0.15) is 0 Å². The molecule has 0 aromatic heterocycles. The van der Waals surface area contributed by atoms with Gasteiger partial charge < -0.3 is 4.79 Å². The summed E-state index contributed by atoms with van der Waals surface area (Å²) in [6.07, 6.45) is 5.94. The van der Waals surface area contributed by atoms with E-state index in [1.807, 2.05) is 0 Å². The molecule has 0 bridgehead atoms. The van der Waals surface area contributed by atoms with Crippen molar-refractivity contribution in [2.24, 2.45) is 23.7 Å². The molecule has 0 saturated heterocycles. The summed E-state index contributed by atoms with van der Waals surface area (Å²) >= 11 is 0. The van der Waals surface area contributed by atoms with Gasteiger partial charge in [-0.05, 0) is 43.4 Å². The maximum Gasteiger partial charge on any atom is 0.123 e. The average Bonchev–Trinajstić information content (AvgIpc) is 2.17. The summed E-state index contributed by atoms with van der Waals surface area (Å²) in [4.78, 5) is 10.6. The van der Waals surface area contributed by atoms with Gasteiger partial charge in [0.15, 0.2) is 0 Å². The predicted molar refractivity (Wildman–Crippen MR) is 55.5 cm³/mol. The van der Waals surface area contributed by atoms with E-state index in [1.54, 1.807) is 0 Å². The Morgan fingerprint density at radius 3 is 2.00 bits per heavy atom. The summed E-state index contributed by atoms with van der Waals surface area (Å²) in [6, 6.07) is 0. The van der Waals surface area contributed by atoms with Crippen molar-refractivity contribution < 1.29 is 4.79 Å². The van der Waals surface area contributed by atoms with E-state index < -0.39 is 0 Å². The van der Waals surface area contributed by atoms with Gasteiger partial charge in [-0.25, -0.2) is 0 Å². The minimum Gasteiger partial charge on any atom is -0.303 e. The first-order valence-corrected chi connectivity index (χ1v) is 5.60. The molecule has 1 saturated carbocycles. The minimum atomic E-state index is 0.371. The number of hydrogen-bond donors (Lipinski definition) is 0. The largest absolute Gasteiger partial charge is 0.303 e. The van der Waals surface area contributed by atoms with E-state index in [2.05, 4.69) is 20.8 Å². The summed E-state index contributed by atoms with van der Waals surface area (Å²) in [5, 5.41) is 0. The van der Waals surface area contributed by atoms with Crippen molar-refractivity contribution in [3.8, 4) is 0 Å². The zero-order valence-electron chi connectivity index (χ0n) is 9.12. The summed E-state index contributed by atoms with van der Waals surface area (Å²) in [6.45, 7) is 6.96. The summed E-state index contributed by atoms with van der Waals surface area (Å²) < 4.78 is 0. The van der Waals surface area contributed by atoms with Crippen LogP contribution in [0.3, 0.4) is 0 Å². The highest BCUT2D eigenvalue weighted by Crippen LogP contribution is 2.35. The molecule has 1 unspecified atom stereocenters. The van der Waals surface area contributed by atoms with Crippen molar-refractivity contribution in [1.29, 1.82) is 0 Å². The first kappa shape index (κ1) is 10.7. The van der Waals surface area contributed by atoms with Crippen LogP contribution in [0.5, 0.6) is 0 Å². The van der Waals surface area contributed by atoms with E-state index >= 15 is 0 Å². The molecule has 13 heavy (non-hydrogen) atoms. The van der Waals surface area contributed by atoms with Crippen LogP contribution >= 0.6 is 0 Å². The van der Waals surface area contributed by atoms with E-state index in [0.29, 0.717) is 5.92 Å². The molecular formula is C12H22O. The molecule has 1 aliphatic carbocycles. The summed E-state index contributed by atoms with van der Waals surface area (Å²) in [7, 11) is 0. The second kappa shape index (κ2) is 4.78. The SMILES string of the molecule is CC(C)C(C)C1CCC(C=O)CC1. The molecule has 1 fully saturated rings. The maximum absolute atomic E-state index is 10.6. The van der Waals surface area contributed by atoms with Crippen LogP contribution in [-0.2, 0) is 4.79 Å². The second-order valence-electron chi connectivity index (χ2n) is 4.91. The van der Waals surface area contributed by atoms with Crippen molar-refractivity contribution in [2.45, 2.75) is 46.5 Å². The standard InChI is InChI=1S/C12H22O/c1-9(2)10(3)12-6-4-11(8-13)5-7-12/h8-12H,4-7H2,1-3H3. The van der Waals surface area contributed by atoms with Crippen LogP contribution in [0.2, 0.25) is 0 Å². The maximum atomic E-state index is 10.6. The highest BCUT2D eigenvalue weighted by molar-refractivity contribution is 5.53. The van der Waals surface area contributed by atoms with Crippen LogP contribution < -0.4 is 0 Å². The Kier molecular flexibility index (Phi) is 3.95. The molecule has 0 amide bonds. The lowest BCUT2D eigenvalue weighted by atomic mass is 9.73. The van der Waals surface area contributed by atoms with E-state index in [4.69, 9.17) is 0 Å². The molecule has 1 aliphatic rings. The van der Waals surface area contributed by atoms with E-state index in [-0.39, 0.29) is 0 Å². The summed E-state index contributed by atoms with van der Waals surface area (Å²) in [5.41, 5.74) is 0. The first-order valence-electron chi connectivity index (χ1n) is 5.60. The third-order valence-electron chi connectivity index (χ3n) is 3.80. The number of carbonyl (C=O) groups excluding carboxylic acids is 1. The molecule has 0 spiro atoms. The van der Waals surface area contributed by atoms with E-state index in [1.165, 1.54) is 12.8 Å². The lowest BCUT2D eigenvalue weighted by Gasteiger charge is -2.32. The molecule has 1 rings (SSSR count). The fraction of sp³-hybridized carbons (Fsp3) is 0.917. The molecule has 0 aromatic carbocycles. The number of hydrogen-bond acceptors (Lipinski definition) is 1. The lowest BCUT2D eigenvalue weighted by Crippen LogP contribution is -2.23. The van der Waals surface area contributed by atoms with Crippen LogP contribution in [0, 0.1) is 23.7 Å². The van der Waals surface area contributed by atoms with Gasteiger partial charge in [-0.1, -0.05) is 20.8 Å². The number of carbonyl (C=O) groups is 1. The van der Waals surface area contributed by atoms with Gasteiger partial charge in [0.1, 0.15) is 6.29 Å². The molecule has 0 N–H and O–H groups in total. The minimum absolute atomic E-state index is 0.371. The molecule has 1 heteroatoms. The molecule has 0 radical (unpaired) electrons. The Balaban J connectivity index is 2.36. The Morgan fingerprint density at radius 2 is 1.62 bits per heavy atom. The molecular weight excluding hydrogens is 160 g/mol. The Labute approximate surface area is 81.9 Å². The van der Waals surface area contributed by atoms with Gasteiger partial charge in [-0.15, -0.1) is 0 Å². The number of aldehydes is 1. The fourth-order valence-electron chi connectivity index (χ4n) is 2.35. The Bertz CT molecular complexity index is 155. The molecule has 1 nitrogen and oxygen atoms in total. The van der Waals surface area contributed by atoms with Crippen molar-refractivity contribution in [3.63, 3.8) is 0 Å². The molecule has 0 aromatic rings. The monoisotopic (exact) mass is 182 g/mol. The third-order valence-corrected chi connectivity index (χ3v) is 3.80. The Morgan fingerprint density at radius 1 is 1.08 bits per heavy atom. The summed E-state index contributed by atoms with van der Waals surface area (Å²) in [5.74, 6) is 2.86. The topological polar surface area (TPSA) is 17.1 Å². The van der Waals surface area contributed by atoms with Gasteiger partial charge in [0.05, 0.1) is 0 Å². The smallest absolute Gasteiger partial charge is 0.123 e. The van der Waals surface area contributed by atoms with Crippen molar-refractivity contribution >= 4 is 6.29 Å². The second-order valence-corrected chi connectivity index (χ2v) is 4.91. The van der Waals surface area contributed by atoms with Gasteiger partial charge in [0, 0.05) is 5.92 Å². The van der Waals surface area contributed by atoms with Crippen LogP contribution in [0.4, 0.5) is 0 Å². The van der Waals surface area contributed by atoms with E-state index in [0.717, 1.165) is 36.9 Å². The van der Waals surface area contributed by atoms with Crippen molar-refractivity contribution in [2.75, 3.05) is 0 Å². The quantitative estimate of drug-likeness (QED) is 0.612. The first-order chi connectivity index (χ1) is 6.15. The zero-order chi connectivity index (χ0) is 9.84. The van der Waals surface area contributed by atoms with Crippen LogP contribution in [0.1, 0.15) is 46.5 Å². The van der Waals surface area contributed by atoms with E-state index in [9.17, 15) is 4.79 Å². The number of rotatable bonds is 3.